The zero-order chi connectivity index (χ0) is 15.5. The van der Waals surface area contributed by atoms with Crippen LogP contribution in [0, 0.1) is 12.3 Å². The minimum absolute atomic E-state index is 0.0738. The van der Waals surface area contributed by atoms with E-state index in [2.05, 4.69) is 23.5 Å². The van der Waals surface area contributed by atoms with Gasteiger partial charge in [-0.05, 0) is 19.0 Å². The van der Waals surface area contributed by atoms with E-state index in [1.165, 1.54) is 0 Å². The number of hydrogen-bond donors (Lipinski definition) is 2. The van der Waals surface area contributed by atoms with E-state index in [4.69, 9.17) is 15.9 Å². The van der Waals surface area contributed by atoms with Crippen LogP contribution in [0.1, 0.15) is 18.9 Å². The van der Waals surface area contributed by atoms with Crippen LogP contribution in [0.5, 0.6) is 11.5 Å². The predicted octanol–water partition coefficient (Wildman–Crippen LogP) is 1.32. The van der Waals surface area contributed by atoms with Crippen molar-refractivity contribution in [3.8, 4) is 23.8 Å². The number of methoxy groups -OCH3 is 1. The summed E-state index contributed by atoms with van der Waals surface area (Å²) < 4.78 is 10.7. The normalized spacial score (nSPS) is 9.76. The van der Waals surface area contributed by atoms with Gasteiger partial charge in [0.2, 0.25) is 0 Å². The van der Waals surface area contributed by atoms with Gasteiger partial charge in [0.15, 0.2) is 6.61 Å². The molecule has 5 nitrogen and oxygen atoms in total. The highest BCUT2D eigenvalue weighted by Gasteiger charge is 2.08. The van der Waals surface area contributed by atoms with Crippen LogP contribution in [0.4, 0.5) is 0 Å². The Balaban J connectivity index is 2.67. The van der Waals surface area contributed by atoms with Crippen molar-refractivity contribution in [2.24, 2.45) is 0 Å². The number of nitrogens with one attached hydrogen (secondary N) is 2. The second-order valence-electron chi connectivity index (χ2n) is 4.42. The highest BCUT2D eigenvalue weighted by molar-refractivity contribution is 5.77. The lowest BCUT2D eigenvalue weighted by atomic mass is 10.2. The van der Waals surface area contributed by atoms with Crippen molar-refractivity contribution in [1.82, 2.24) is 10.6 Å². The first-order valence-electron chi connectivity index (χ1n) is 6.91. The van der Waals surface area contributed by atoms with E-state index in [1.54, 1.807) is 13.2 Å². The first kappa shape index (κ1) is 16.9. The monoisotopic (exact) mass is 290 g/mol. The zero-order valence-corrected chi connectivity index (χ0v) is 12.6. The van der Waals surface area contributed by atoms with E-state index >= 15 is 0 Å². The van der Waals surface area contributed by atoms with Gasteiger partial charge in [0.25, 0.3) is 5.91 Å². The van der Waals surface area contributed by atoms with Crippen molar-refractivity contribution in [1.29, 1.82) is 0 Å². The van der Waals surface area contributed by atoms with Crippen LogP contribution in [0.3, 0.4) is 0 Å². The Bertz CT molecular complexity index is 495. The van der Waals surface area contributed by atoms with Gasteiger partial charge >= 0.3 is 0 Å². The molecule has 0 saturated heterocycles. The molecule has 0 aliphatic carbocycles. The molecule has 114 valence electrons. The number of benzene rings is 1. The first-order chi connectivity index (χ1) is 10.2. The van der Waals surface area contributed by atoms with Gasteiger partial charge in [-0.1, -0.05) is 18.9 Å². The second-order valence-corrected chi connectivity index (χ2v) is 4.42. The lowest BCUT2D eigenvalue weighted by Crippen LogP contribution is -2.29. The molecule has 21 heavy (non-hydrogen) atoms. The summed E-state index contributed by atoms with van der Waals surface area (Å²) in [5.41, 5.74) is 0.981. The average Bonchev–Trinajstić information content (AvgIpc) is 2.51. The van der Waals surface area contributed by atoms with Crippen LogP contribution in [0.15, 0.2) is 18.2 Å². The minimum atomic E-state index is -0.247. The fourth-order valence-electron chi connectivity index (χ4n) is 1.69. The third-order valence-electron chi connectivity index (χ3n) is 2.76. The number of amides is 1. The standard InChI is InChI=1S/C16H22N2O3/c1-4-8-17-11-13-6-7-14(20-3)10-15(13)21-12-16(19)18-9-5-2/h2,6-7,10,17H,4,8-9,11-12H2,1,3H3,(H,18,19). The Morgan fingerprint density at radius 2 is 2.24 bits per heavy atom. The quantitative estimate of drug-likeness (QED) is 0.532. The number of rotatable bonds is 9. The van der Waals surface area contributed by atoms with Gasteiger partial charge in [-0.3, -0.25) is 4.79 Å². The molecule has 0 aliphatic heterocycles. The Morgan fingerprint density at radius 1 is 1.43 bits per heavy atom. The molecule has 0 bridgehead atoms. The van der Waals surface area contributed by atoms with Gasteiger partial charge in [-0.15, -0.1) is 6.42 Å². The first-order valence-corrected chi connectivity index (χ1v) is 6.91. The molecule has 0 heterocycles. The molecule has 0 aromatic heterocycles. The topological polar surface area (TPSA) is 59.6 Å². The Morgan fingerprint density at radius 3 is 2.90 bits per heavy atom. The number of carbonyl (C=O) groups excluding carboxylic acids is 1. The van der Waals surface area contributed by atoms with Gasteiger partial charge in [0.1, 0.15) is 11.5 Å². The molecular formula is C16H22N2O3. The highest BCUT2D eigenvalue weighted by atomic mass is 16.5. The summed E-state index contributed by atoms with van der Waals surface area (Å²) >= 11 is 0. The van der Waals surface area contributed by atoms with E-state index in [1.807, 2.05) is 12.1 Å². The van der Waals surface area contributed by atoms with Crippen LogP contribution < -0.4 is 20.1 Å². The summed E-state index contributed by atoms with van der Waals surface area (Å²) in [4.78, 5) is 11.5. The Labute approximate surface area is 126 Å². The van der Waals surface area contributed by atoms with E-state index < -0.39 is 0 Å². The fourth-order valence-corrected chi connectivity index (χ4v) is 1.69. The molecule has 1 aromatic rings. The minimum Gasteiger partial charge on any atom is -0.497 e. The maximum Gasteiger partial charge on any atom is 0.258 e. The van der Waals surface area contributed by atoms with Crippen molar-refractivity contribution in [3.05, 3.63) is 23.8 Å². The van der Waals surface area contributed by atoms with Gasteiger partial charge in [0.05, 0.1) is 13.7 Å². The number of hydrogen-bond acceptors (Lipinski definition) is 4. The average molecular weight is 290 g/mol. The highest BCUT2D eigenvalue weighted by Crippen LogP contribution is 2.24. The maximum atomic E-state index is 11.5. The molecular weight excluding hydrogens is 268 g/mol. The summed E-state index contributed by atoms with van der Waals surface area (Å²) in [6.45, 7) is 3.84. The molecule has 0 atom stereocenters. The van der Waals surface area contributed by atoms with Crippen molar-refractivity contribution in [2.45, 2.75) is 19.9 Å². The maximum absolute atomic E-state index is 11.5. The summed E-state index contributed by atoms with van der Waals surface area (Å²) in [5.74, 6) is 3.42. The van der Waals surface area contributed by atoms with Gasteiger partial charge in [-0.2, -0.15) is 0 Å². The van der Waals surface area contributed by atoms with E-state index in [0.717, 1.165) is 18.5 Å². The molecule has 1 aromatic carbocycles. The van der Waals surface area contributed by atoms with Gasteiger partial charge in [-0.25, -0.2) is 0 Å². The lowest BCUT2D eigenvalue weighted by Gasteiger charge is -2.13. The Hall–Kier alpha value is -2.19. The molecule has 5 heteroatoms. The molecule has 0 saturated carbocycles. The smallest absolute Gasteiger partial charge is 0.258 e. The molecule has 2 N–H and O–H groups in total. The van der Waals surface area contributed by atoms with Crippen molar-refractivity contribution < 1.29 is 14.3 Å². The molecule has 0 radical (unpaired) electrons. The number of carbonyl (C=O) groups is 1. The van der Waals surface area contributed by atoms with Crippen LogP contribution in [-0.2, 0) is 11.3 Å². The third-order valence-corrected chi connectivity index (χ3v) is 2.76. The lowest BCUT2D eigenvalue weighted by molar-refractivity contribution is -0.122. The summed E-state index contributed by atoms with van der Waals surface area (Å²) in [6, 6.07) is 5.57. The largest absolute Gasteiger partial charge is 0.497 e. The summed E-state index contributed by atoms with van der Waals surface area (Å²) in [7, 11) is 1.59. The molecule has 1 amide bonds. The second kappa shape index (κ2) is 9.67. The number of terminal acetylenes is 1. The molecule has 1 rings (SSSR count). The molecule has 0 aliphatic rings. The van der Waals surface area contributed by atoms with Crippen molar-refractivity contribution in [3.63, 3.8) is 0 Å². The fraction of sp³-hybridized carbons (Fsp3) is 0.438. The van der Waals surface area contributed by atoms with E-state index in [-0.39, 0.29) is 19.1 Å². The molecule has 0 unspecified atom stereocenters. The van der Waals surface area contributed by atoms with Crippen LogP contribution in [-0.4, -0.2) is 32.7 Å². The van der Waals surface area contributed by atoms with Crippen molar-refractivity contribution in [2.75, 3.05) is 26.8 Å². The summed E-state index contributed by atoms with van der Waals surface area (Å²) in [6.07, 6.45) is 6.14. The number of ether oxygens (including phenoxy) is 2. The SMILES string of the molecule is C#CCNC(=O)COc1cc(OC)ccc1CNCCC. The van der Waals surface area contributed by atoms with Crippen molar-refractivity contribution >= 4 is 5.91 Å². The predicted molar refractivity (Wildman–Crippen MR) is 82.3 cm³/mol. The molecule has 0 fully saturated rings. The van der Waals surface area contributed by atoms with Crippen LogP contribution in [0.25, 0.3) is 0 Å². The van der Waals surface area contributed by atoms with E-state index in [9.17, 15) is 4.79 Å². The molecule has 0 spiro atoms. The van der Waals surface area contributed by atoms with Gasteiger partial charge < -0.3 is 20.1 Å². The zero-order valence-electron chi connectivity index (χ0n) is 12.6. The van der Waals surface area contributed by atoms with Crippen LogP contribution in [0.2, 0.25) is 0 Å². The van der Waals surface area contributed by atoms with Gasteiger partial charge in [0, 0.05) is 18.2 Å². The summed E-state index contributed by atoms with van der Waals surface area (Å²) in [5, 5.41) is 5.86. The third kappa shape index (κ3) is 6.19. The Kier molecular flexibility index (Phi) is 7.77. The van der Waals surface area contributed by atoms with Crippen LogP contribution >= 0.6 is 0 Å². The van der Waals surface area contributed by atoms with E-state index in [0.29, 0.717) is 18.0 Å².